The molecular formula is C15H30N2O. The molecule has 0 heterocycles. The Hall–Kier alpha value is -0.570. The van der Waals surface area contributed by atoms with Crippen molar-refractivity contribution in [2.75, 3.05) is 20.1 Å². The summed E-state index contributed by atoms with van der Waals surface area (Å²) >= 11 is 0. The van der Waals surface area contributed by atoms with Gasteiger partial charge in [0.1, 0.15) is 0 Å². The molecule has 1 saturated carbocycles. The Kier molecular flexibility index (Phi) is 6.69. The molecule has 0 spiro atoms. The van der Waals surface area contributed by atoms with Crippen molar-refractivity contribution >= 4 is 5.91 Å². The van der Waals surface area contributed by atoms with Gasteiger partial charge in [0.25, 0.3) is 0 Å². The molecule has 1 unspecified atom stereocenters. The first-order valence-electron chi connectivity index (χ1n) is 7.57. The van der Waals surface area contributed by atoms with Crippen LogP contribution in [0.3, 0.4) is 0 Å². The summed E-state index contributed by atoms with van der Waals surface area (Å²) in [6.07, 6.45) is 6.26. The first-order valence-corrected chi connectivity index (χ1v) is 7.57. The van der Waals surface area contributed by atoms with E-state index in [4.69, 9.17) is 0 Å². The molecule has 1 aliphatic rings. The van der Waals surface area contributed by atoms with E-state index in [1.807, 2.05) is 18.9 Å². The molecule has 1 amide bonds. The fourth-order valence-electron chi connectivity index (χ4n) is 2.92. The summed E-state index contributed by atoms with van der Waals surface area (Å²) in [5, 5.41) is 3.26. The Balaban J connectivity index is 2.39. The van der Waals surface area contributed by atoms with Gasteiger partial charge in [-0.05, 0) is 38.1 Å². The maximum Gasteiger partial charge on any atom is 0.226 e. The molecule has 3 heteroatoms. The van der Waals surface area contributed by atoms with Crippen molar-refractivity contribution in [3.63, 3.8) is 0 Å². The summed E-state index contributed by atoms with van der Waals surface area (Å²) in [7, 11) is 1.99. The molecule has 1 aliphatic carbocycles. The van der Waals surface area contributed by atoms with E-state index in [2.05, 4.69) is 19.2 Å². The molecular weight excluding hydrogens is 224 g/mol. The quantitative estimate of drug-likeness (QED) is 0.790. The highest BCUT2D eigenvalue weighted by molar-refractivity contribution is 5.78. The van der Waals surface area contributed by atoms with Crippen LogP contribution in [-0.4, -0.2) is 37.0 Å². The smallest absolute Gasteiger partial charge is 0.226 e. The molecule has 0 bridgehead atoms. The monoisotopic (exact) mass is 254 g/mol. The fourth-order valence-corrected chi connectivity index (χ4v) is 2.92. The van der Waals surface area contributed by atoms with E-state index < -0.39 is 0 Å². The average molecular weight is 254 g/mol. The predicted molar refractivity (Wildman–Crippen MR) is 76.5 cm³/mol. The lowest BCUT2D eigenvalue weighted by molar-refractivity contribution is -0.136. The number of nitrogens with one attached hydrogen (secondary N) is 1. The van der Waals surface area contributed by atoms with Gasteiger partial charge in [-0.15, -0.1) is 0 Å². The van der Waals surface area contributed by atoms with E-state index in [0.717, 1.165) is 19.0 Å². The van der Waals surface area contributed by atoms with Crippen LogP contribution < -0.4 is 5.32 Å². The number of carbonyl (C=O) groups excluding carboxylic acids is 1. The molecule has 0 radical (unpaired) electrons. The van der Waals surface area contributed by atoms with E-state index in [9.17, 15) is 4.79 Å². The van der Waals surface area contributed by atoms with Crippen LogP contribution in [0.25, 0.3) is 0 Å². The van der Waals surface area contributed by atoms with Crippen molar-refractivity contribution in [3.05, 3.63) is 0 Å². The third-order valence-corrected chi connectivity index (χ3v) is 4.41. The van der Waals surface area contributed by atoms with Crippen LogP contribution in [0.2, 0.25) is 0 Å². The average Bonchev–Trinajstić information content (AvgIpc) is 2.43. The van der Waals surface area contributed by atoms with E-state index in [0.29, 0.717) is 11.9 Å². The van der Waals surface area contributed by atoms with Crippen LogP contribution in [0.15, 0.2) is 0 Å². The summed E-state index contributed by atoms with van der Waals surface area (Å²) < 4.78 is 0. The van der Waals surface area contributed by atoms with Gasteiger partial charge in [-0.25, -0.2) is 0 Å². The number of rotatable bonds is 6. The zero-order chi connectivity index (χ0) is 13.5. The van der Waals surface area contributed by atoms with Crippen molar-refractivity contribution in [2.45, 2.75) is 58.9 Å². The lowest BCUT2D eigenvalue weighted by atomic mass is 9.84. The molecule has 1 N–H and O–H groups in total. The highest BCUT2D eigenvalue weighted by atomic mass is 16.2. The van der Waals surface area contributed by atoms with Gasteiger partial charge in [0.15, 0.2) is 0 Å². The highest BCUT2D eigenvalue weighted by Crippen LogP contribution is 2.29. The van der Waals surface area contributed by atoms with E-state index >= 15 is 0 Å². The third kappa shape index (κ3) is 4.27. The number of amides is 1. The largest absolute Gasteiger partial charge is 0.343 e. The van der Waals surface area contributed by atoms with Gasteiger partial charge in [0, 0.05) is 25.6 Å². The van der Waals surface area contributed by atoms with Gasteiger partial charge in [0.2, 0.25) is 5.91 Å². The predicted octanol–water partition coefficient (Wildman–Crippen LogP) is 2.66. The molecule has 18 heavy (non-hydrogen) atoms. The minimum absolute atomic E-state index is 0.0962. The lowest BCUT2D eigenvalue weighted by Crippen LogP contribution is -2.44. The molecule has 0 aliphatic heterocycles. The number of hydrogen-bond acceptors (Lipinski definition) is 2. The minimum atomic E-state index is 0.0962. The van der Waals surface area contributed by atoms with Gasteiger partial charge >= 0.3 is 0 Å². The topological polar surface area (TPSA) is 32.3 Å². The van der Waals surface area contributed by atoms with Gasteiger partial charge in [-0.1, -0.05) is 27.2 Å². The van der Waals surface area contributed by atoms with Crippen LogP contribution >= 0.6 is 0 Å². The number of hydrogen-bond donors (Lipinski definition) is 1. The van der Waals surface area contributed by atoms with Gasteiger partial charge in [0.05, 0.1) is 0 Å². The van der Waals surface area contributed by atoms with Crippen molar-refractivity contribution in [1.29, 1.82) is 0 Å². The van der Waals surface area contributed by atoms with Gasteiger partial charge in [-0.2, -0.15) is 0 Å². The van der Waals surface area contributed by atoms with Crippen molar-refractivity contribution in [3.8, 4) is 0 Å². The first-order chi connectivity index (χ1) is 8.60. The molecule has 0 aromatic carbocycles. The maximum absolute atomic E-state index is 12.3. The Labute approximate surface area is 112 Å². The second-order valence-corrected chi connectivity index (χ2v) is 5.74. The molecule has 106 valence electrons. The summed E-state index contributed by atoms with van der Waals surface area (Å²) in [6.45, 7) is 8.11. The van der Waals surface area contributed by atoms with Gasteiger partial charge in [-0.3, -0.25) is 4.79 Å². The minimum Gasteiger partial charge on any atom is -0.343 e. The summed E-state index contributed by atoms with van der Waals surface area (Å²) in [5.41, 5.74) is 0. The molecule has 0 aromatic rings. The fraction of sp³-hybridized carbons (Fsp3) is 0.933. The first kappa shape index (κ1) is 15.5. The van der Waals surface area contributed by atoms with Gasteiger partial charge < -0.3 is 10.2 Å². The second kappa shape index (κ2) is 7.78. The number of carbonyl (C=O) groups is 1. The Morgan fingerprint density at radius 3 is 2.39 bits per heavy atom. The number of nitrogens with zero attached hydrogens (tertiary/aromatic N) is 1. The summed E-state index contributed by atoms with van der Waals surface area (Å²) in [6, 6.07) is 0.476. The van der Waals surface area contributed by atoms with Crippen LogP contribution in [0.5, 0.6) is 0 Å². The van der Waals surface area contributed by atoms with E-state index in [1.54, 1.807) is 0 Å². The SMILES string of the molecule is CCNCC(C)C(=O)N(C)C1CCC(CC)CC1. The zero-order valence-corrected chi connectivity index (χ0v) is 12.5. The van der Waals surface area contributed by atoms with Crippen molar-refractivity contribution < 1.29 is 4.79 Å². The van der Waals surface area contributed by atoms with E-state index in [-0.39, 0.29) is 5.92 Å². The molecule has 1 rings (SSSR count). The Morgan fingerprint density at radius 2 is 1.89 bits per heavy atom. The normalized spacial score (nSPS) is 25.8. The van der Waals surface area contributed by atoms with Crippen molar-refractivity contribution in [2.24, 2.45) is 11.8 Å². The second-order valence-electron chi connectivity index (χ2n) is 5.74. The molecule has 3 nitrogen and oxygen atoms in total. The van der Waals surface area contributed by atoms with Crippen LogP contribution in [0.4, 0.5) is 0 Å². The molecule has 1 atom stereocenters. The van der Waals surface area contributed by atoms with Crippen molar-refractivity contribution in [1.82, 2.24) is 10.2 Å². The van der Waals surface area contributed by atoms with Crippen LogP contribution in [0, 0.1) is 11.8 Å². The summed E-state index contributed by atoms with van der Waals surface area (Å²) in [5.74, 6) is 1.29. The summed E-state index contributed by atoms with van der Waals surface area (Å²) in [4.78, 5) is 14.3. The lowest BCUT2D eigenvalue weighted by Gasteiger charge is -2.35. The van der Waals surface area contributed by atoms with Crippen LogP contribution in [0.1, 0.15) is 52.9 Å². The Bertz CT molecular complexity index is 247. The highest BCUT2D eigenvalue weighted by Gasteiger charge is 2.27. The third-order valence-electron chi connectivity index (χ3n) is 4.41. The molecule has 1 fully saturated rings. The standard InChI is InChI=1S/C15H30N2O/c1-5-13-7-9-14(10-8-13)17(4)15(18)12(3)11-16-6-2/h12-14,16H,5-11H2,1-4H3. The van der Waals surface area contributed by atoms with Crippen LogP contribution in [-0.2, 0) is 4.79 Å². The van der Waals surface area contributed by atoms with E-state index in [1.165, 1.54) is 32.1 Å². The molecule has 0 aromatic heterocycles. The Morgan fingerprint density at radius 1 is 1.28 bits per heavy atom. The maximum atomic E-state index is 12.3. The molecule has 0 saturated heterocycles. The zero-order valence-electron chi connectivity index (χ0n) is 12.5.